The molecule has 0 aliphatic rings. The molecule has 0 fully saturated rings. The van der Waals surface area contributed by atoms with Crippen LogP contribution in [-0.4, -0.2) is 24.2 Å². The predicted molar refractivity (Wildman–Crippen MR) is 79.3 cm³/mol. The lowest BCUT2D eigenvalue weighted by atomic mass is 10.1. The van der Waals surface area contributed by atoms with E-state index in [1.54, 1.807) is 13.0 Å². The van der Waals surface area contributed by atoms with Crippen LogP contribution in [0.25, 0.3) is 17.0 Å². The average molecular weight is 273 g/mol. The van der Waals surface area contributed by atoms with Crippen molar-refractivity contribution >= 4 is 22.9 Å². The number of rotatable bonds is 5. The van der Waals surface area contributed by atoms with Crippen LogP contribution >= 0.6 is 0 Å². The summed E-state index contributed by atoms with van der Waals surface area (Å²) in [5, 5.41) is 1.11. The average Bonchev–Trinajstić information content (AvgIpc) is 2.78. The standard InChI is InChI=1S/C16H19NO3/c1-4-19-15(16(18)20-5-2)10-12-6-7-14-13(9-12)8-11(3)17-14/h6-10,17H,4-5H2,1-3H3. The third kappa shape index (κ3) is 3.20. The second kappa shape index (κ2) is 6.28. The van der Waals surface area contributed by atoms with Crippen molar-refractivity contribution in [3.63, 3.8) is 0 Å². The molecule has 0 spiro atoms. The number of benzene rings is 1. The fourth-order valence-electron chi connectivity index (χ4n) is 2.05. The van der Waals surface area contributed by atoms with Gasteiger partial charge in [-0.25, -0.2) is 4.79 Å². The van der Waals surface area contributed by atoms with Crippen molar-refractivity contribution in [1.29, 1.82) is 0 Å². The third-order valence-corrected chi connectivity index (χ3v) is 2.85. The summed E-state index contributed by atoms with van der Waals surface area (Å²) in [5.41, 5.74) is 3.10. The van der Waals surface area contributed by atoms with Crippen LogP contribution in [0.2, 0.25) is 0 Å². The highest BCUT2D eigenvalue weighted by Crippen LogP contribution is 2.19. The molecule has 0 aliphatic carbocycles. The molecule has 0 aliphatic heterocycles. The normalized spacial score (nSPS) is 11.7. The number of carbonyl (C=O) groups is 1. The van der Waals surface area contributed by atoms with Crippen molar-refractivity contribution in [3.05, 3.63) is 41.3 Å². The van der Waals surface area contributed by atoms with E-state index in [9.17, 15) is 4.79 Å². The molecule has 1 aromatic carbocycles. The lowest BCUT2D eigenvalue weighted by Gasteiger charge is -2.07. The number of hydrogen-bond donors (Lipinski definition) is 1. The van der Waals surface area contributed by atoms with Gasteiger partial charge in [0.15, 0.2) is 0 Å². The molecular formula is C16H19NO3. The van der Waals surface area contributed by atoms with Crippen LogP contribution in [-0.2, 0) is 14.3 Å². The Bertz CT molecular complexity index is 640. The fourth-order valence-corrected chi connectivity index (χ4v) is 2.05. The van der Waals surface area contributed by atoms with Crippen LogP contribution in [0.4, 0.5) is 0 Å². The predicted octanol–water partition coefficient (Wildman–Crippen LogP) is 3.42. The van der Waals surface area contributed by atoms with Crippen molar-refractivity contribution < 1.29 is 14.3 Å². The number of ether oxygens (including phenoxy) is 2. The van der Waals surface area contributed by atoms with E-state index in [-0.39, 0.29) is 5.76 Å². The summed E-state index contributed by atoms with van der Waals surface area (Å²) in [5.74, 6) is -0.194. The fraction of sp³-hybridized carbons (Fsp3) is 0.312. The summed E-state index contributed by atoms with van der Waals surface area (Å²) in [7, 11) is 0. The second-order valence-corrected chi connectivity index (χ2v) is 4.46. The zero-order chi connectivity index (χ0) is 14.5. The zero-order valence-corrected chi connectivity index (χ0v) is 12.0. The summed E-state index contributed by atoms with van der Waals surface area (Å²) < 4.78 is 10.3. The largest absolute Gasteiger partial charge is 0.487 e. The highest BCUT2D eigenvalue weighted by atomic mass is 16.6. The van der Waals surface area contributed by atoms with Gasteiger partial charge in [0.1, 0.15) is 0 Å². The maximum atomic E-state index is 11.8. The molecule has 4 heteroatoms. The van der Waals surface area contributed by atoms with Gasteiger partial charge < -0.3 is 14.5 Å². The monoisotopic (exact) mass is 273 g/mol. The molecule has 0 radical (unpaired) electrons. The van der Waals surface area contributed by atoms with E-state index in [4.69, 9.17) is 9.47 Å². The molecule has 0 amide bonds. The minimum atomic E-state index is -0.431. The van der Waals surface area contributed by atoms with Crippen molar-refractivity contribution in [2.45, 2.75) is 20.8 Å². The van der Waals surface area contributed by atoms with Crippen molar-refractivity contribution in [1.82, 2.24) is 4.98 Å². The molecule has 0 atom stereocenters. The number of esters is 1. The number of hydrogen-bond acceptors (Lipinski definition) is 3. The topological polar surface area (TPSA) is 51.3 Å². The Morgan fingerprint density at radius 1 is 1.20 bits per heavy atom. The van der Waals surface area contributed by atoms with E-state index in [2.05, 4.69) is 11.1 Å². The molecule has 0 bridgehead atoms. The summed E-state index contributed by atoms with van der Waals surface area (Å²) in [4.78, 5) is 15.0. The minimum absolute atomic E-state index is 0.237. The van der Waals surface area contributed by atoms with Crippen molar-refractivity contribution in [2.24, 2.45) is 0 Å². The maximum Gasteiger partial charge on any atom is 0.373 e. The molecular weight excluding hydrogens is 254 g/mol. The van der Waals surface area contributed by atoms with Gasteiger partial charge in [0.05, 0.1) is 13.2 Å². The summed E-state index contributed by atoms with van der Waals surface area (Å²) in [6, 6.07) is 8.01. The second-order valence-electron chi connectivity index (χ2n) is 4.46. The molecule has 106 valence electrons. The molecule has 0 saturated carbocycles. The molecule has 2 rings (SSSR count). The van der Waals surface area contributed by atoms with Gasteiger partial charge in [0.2, 0.25) is 5.76 Å². The molecule has 0 unspecified atom stereocenters. The molecule has 20 heavy (non-hydrogen) atoms. The van der Waals surface area contributed by atoms with E-state index >= 15 is 0 Å². The quantitative estimate of drug-likeness (QED) is 0.516. The molecule has 4 nitrogen and oxygen atoms in total. The van der Waals surface area contributed by atoms with E-state index in [1.165, 1.54) is 0 Å². The SMILES string of the molecule is CCOC(=O)C(=Cc1ccc2[nH]c(C)cc2c1)OCC. The first kappa shape index (κ1) is 14.2. The minimum Gasteiger partial charge on any atom is -0.487 e. The Morgan fingerprint density at radius 3 is 2.65 bits per heavy atom. The van der Waals surface area contributed by atoms with Crippen LogP contribution < -0.4 is 0 Å². The number of nitrogens with one attached hydrogen (secondary N) is 1. The van der Waals surface area contributed by atoms with Crippen molar-refractivity contribution in [2.75, 3.05) is 13.2 Å². The van der Waals surface area contributed by atoms with Crippen LogP contribution in [0.5, 0.6) is 0 Å². The molecule has 2 aromatic rings. The number of H-pyrrole nitrogens is 1. The summed E-state index contributed by atoms with van der Waals surface area (Å²) in [6.45, 7) is 6.39. The summed E-state index contributed by atoms with van der Waals surface area (Å²) in [6.07, 6.45) is 1.71. The molecule has 1 N–H and O–H groups in total. The first-order valence-electron chi connectivity index (χ1n) is 6.75. The summed E-state index contributed by atoms with van der Waals surface area (Å²) >= 11 is 0. The van der Waals surface area contributed by atoms with Gasteiger partial charge in [0, 0.05) is 16.6 Å². The Kier molecular flexibility index (Phi) is 4.45. The van der Waals surface area contributed by atoms with Crippen molar-refractivity contribution in [3.8, 4) is 0 Å². The Labute approximate surface area is 118 Å². The van der Waals surface area contributed by atoms with E-state index in [0.29, 0.717) is 13.2 Å². The number of aromatic amines is 1. The van der Waals surface area contributed by atoms with Crippen LogP contribution in [0.15, 0.2) is 30.0 Å². The van der Waals surface area contributed by atoms with E-state index in [1.807, 2.05) is 32.0 Å². The van der Waals surface area contributed by atoms with E-state index < -0.39 is 5.97 Å². The van der Waals surface area contributed by atoms with Crippen LogP contribution in [0.3, 0.4) is 0 Å². The zero-order valence-electron chi connectivity index (χ0n) is 12.0. The molecule has 1 aromatic heterocycles. The van der Waals surface area contributed by atoms with Crippen LogP contribution in [0, 0.1) is 6.92 Å². The van der Waals surface area contributed by atoms with Gasteiger partial charge >= 0.3 is 5.97 Å². The van der Waals surface area contributed by atoms with Gasteiger partial charge in [-0.05, 0) is 50.6 Å². The van der Waals surface area contributed by atoms with E-state index in [0.717, 1.165) is 22.2 Å². The Morgan fingerprint density at radius 2 is 1.95 bits per heavy atom. The Hall–Kier alpha value is -2.23. The van der Waals surface area contributed by atoms with Gasteiger partial charge in [0.25, 0.3) is 0 Å². The number of aromatic nitrogens is 1. The number of fused-ring (bicyclic) bond motifs is 1. The third-order valence-electron chi connectivity index (χ3n) is 2.85. The number of aryl methyl sites for hydroxylation is 1. The maximum absolute atomic E-state index is 11.8. The highest BCUT2D eigenvalue weighted by Gasteiger charge is 2.11. The first-order chi connectivity index (χ1) is 9.63. The van der Waals surface area contributed by atoms with Gasteiger partial charge in [-0.3, -0.25) is 0 Å². The van der Waals surface area contributed by atoms with Gasteiger partial charge in [-0.2, -0.15) is 0 Å². The Balaban J connectivity index is 2.33. The lowest BCUT2D eigenvalue weighted by Crippen LogP contribution is -2.10. The highest BCUT2D eigenvalue weighted by molar-refractivity contribution is 5.92. The van der Waals surface area contributed by atoms with Gasteiger partial charge in [-0.15, -0.1) is 0 Å². The molecule has 1 heterocycles. The lowest BCUT2D eigenvalue weighted by molar-refractivity contribution is -0.142. The number of carbonyl (C=O) groups excluding carboxylic acids is 1. The smallest absolute Gasteiger partial charge is 0.373 e. The first-order valence-corrected chi connectivity index (χ1v) is 6.75. The van der Waals surface area contributed by atoms with Crippen LogP contribution in [0.1, 0.15) is 25.1 Å². The van der Waals surface area contributed by atoms with Gasteiger partial charge in [-0.1, -0.05) is 6.07 Å². The molecule has 0 saturated heterocycles.